The summed E-state index contributed by atoms with van der Waals surface area (Å²) in [7, 11) is 0. The molecule has 0 aromatic heterocycles. The summed E-state index contributed by atoms with van der Waals surface area (Å²) in [6.45, 7) is 9.61. The van der Waals surface area contributed by atoms with Crippen LogP contribution < -0.4 is 10.1 Å². The second-order valence-corrected chi connectivity index (χ2v) is 5.51. The maximum absolute atomic E-state index is 6.11. The normalized spacial score (nSPS) is 14.2. The van der Waals surface area contributed by atoms with Gasteiger partial charge in [-0.1, -0.05) is 31.9 Å². The third-order valence-corrected chi connectivity index (χ3v) is 3.40. The molecule has 0 aliphatic heterocycles. The lowest BCUT2D eigenvalue weighted by molar-refractivity contribution is 0.206. The molecule has 0 heterocycles. The average Bonchev–Trinajstić information content (AvgIpc) is 2.38. The summed E-state index contributed by atoms with van der Waals surface area (Å²) in [6, 6.07) is 6.13. The van der Waals surface area contributed by atoms with Crippen molar-refractivity contribution in [3.8, 4) is 5.75 Å². The molecule has 1 aromatic carbocycles. The van der Waals surface area contributed by atoms with Crippen molar-refractivity contribution in [1.82, 2.24) is 5.32 Å². The van der Waals surface area contributed by atoms with Gasteiger partial charge in [-0.05, 0) is 51.4 Å². The monoisotopic (exact) mass is 283 g/mol. The minimum absolute atomic E-state index is 0.239. The molecule has 19 heavy (non-hydrogen) atoms. The molecule has 2 unspecified atom stereocenters. The topological polar surface area (TPSA) is 21.3 Å². The van der Waals surface area contributed by atoms with E-state index in [0.717, 1.165) is 42.1 Å². The van der Waals surface area contributed by atoms with Gasteiger partial charge >= 0.3 is 0 Å². The zero-order valence-corrected chi connectivity index (χ0v) is 13.3. The minimum atomic E-state index is 0.239. The zero-order chi connectivity index (χ0) is 14.3. The maximum atomic E-state index is 6.11. The third kappa shape index (κ3) is 5.42. The molecule has 0 fully saturated rings. The Morgan fingerprint density at radius 3 is 2.58 bits per heavy atom. The molecule has 1 rings (SSSR count). The van der Waals surface area contributed by atoms with E-state index in [1.807, 2.05) is 18.2 Å². The van der Waals surface area contributed by atoms with E-state index < -0.39 is 0 Å². The molecule has 2 nitrogen and oxygen atoms in total. The molecule has 1 N–H and O–H groups in total. The Morgan fingerprint density at radius 2 is 1.95 bits per heavy atom. The van der Waals surface area contributed by atoms with Crippen LogP contribution in [0.3, 0.4) is 0 Å². The Hall–Kier alpha value is -0.730. The molecule has 0 bridgehead atoms. The largest absolute Gasteiger partial charge is 0.490 e. The standard InChI is InChI=1S/C16H26ClNO/c1-5-7-12(3)19-16-9-8-14(17)11-15(16)13(4)18-10-6-2/h8-9,11-13,18H,5-7,10H2,1-4H3. The molecule has 3 heteroatoms. The fraction of sp³-hybridized carbons (Fsp3) is 0.625. The number of benzene rings is 1. The van der Waals surface area contributed by atoms with Crippen LogP contribution in [-0.4, -0.2) is 12.6 Å². The lowest BCUT2D eigenvalue weighted by Gasteiger charge is -2.21. The first-order valence-electron chi connectivity index (χ1n) is 7.27. The molecule has 0 amide bonds. The van der Waals surface area contributed by atoms with Crippen LogP contribution in [0.4, 0.5) is 0 Å². The van der Waals surface area contributed by atoms with Gasteiger partial charge in [-0.2, -0.15) is 0 Å². The fourth-order valence-corrected chi connectivity index (χ4v) is 2.30. The summed E-state index contributed by atoms with van der Waals surface area (Å²) < 4.78 is 6.04. The molecule has 0 saturated heterocycles. The van der Waals surface area contributed by atoms with E-state index in [1.165, 1.54) is 0 Å². The number of nitrogens with one attached hydrogen (secondary N) is 1. The van der Waals surface area contributed by atoms with Crippen molar-refractivity contribution in [1.29, 1.82) is 0 Å². The molecule has 2 atom stereocenters. The van der Waals surface area contributed by atoms with E-state index >= 15 is 0 Å². The smallest absolute Gasteiger partial charge is 0.124 e. The molecule has 0 saturated carbocycles. The van der Waals surface area contributed by atoms with Crippen molar-refractivity contribution in [2.24, 2.45) is 0 Å². The van der Waals surface area contributed by atoms with E-state index in [2.05, 4.69) is 33.0 Å². The molecule has 1 aromatic rings. The SMILES string of the molecule is CCCNC(C)c1cc(Cl)ccc1OC(C)CCC. The molecule has 0 aliphatic carbocycles. The average molecular weight is 284 g/mol. The highest BCUT2D eigenvalue weighted by atomic mass is 35.5. The van der Waals surface area contributed by atoms with E-state index in [0.29, 0.717) is 0 Å². The Kier molecular flexibility index (Phi) is 7.25. The highest BCUT2D eigenvalue weighted by Gasteiger charge is 2.14. The zero-order valence-electron chi connectivity index (χ0n) is 12.5. The predicted octanol–water partition coefficient (Wildman–Crippen LogP) is 4.97. The van der Waals surface area contributed by atoms with E-state index in [1.54, 1.807) is 0 Å². The highest BCUT2D eigenvalue weighted by molar-refractivity contribution is 6.30. The number of halogens is 1. The predicted molar refractivity (Wildman–Crippen MR) is 83.2 cm³/mol. The van der Waals surface area contributed by atoms with Gasteiger partial charge in [0.25, 0.3) is 0 Å². The van der Waals surface area contributed by atoms with Gasteiger partial charge < -0.3 is 10.1 Å². The van der Waals surface area contributed by atoms with Gasteiger partial charge in [-0.25, -0.2) is 0 Å². The number of ether oxygens (including phenoxy) is 1. The van der Waals surface area contributed by atoms with E-state index in [9.17, 15) is 0 Å². The Balaban J connectivity index is 2.84. The van der Waals surface area contributed by atoms with Crippen LogP contribution in [-0.2, 0) is 0 Å². The summed E-state index contributed by atoms with van der Waals surface area (Å²) >= 11 is 6.11. The number of rotatable bonds is 8. The summed E-state index contributed by atoms with van der Waals surface area (Å²) in [4.78, 5) is 0. The first kappa shape index (κ1) is 16.3. The first-order valence-corrected chi connectivity index (χ1v) is 7.65. The lowest BCUT2D eigenvalue weighted by atomic mass is 10.1. The Morgan fingerprint density at radius 1 is 1.21 bits per heavy atom. The summed E-state index contributed by atoms with van der Waals surface area (Å²) in [5.74, 6) is 0.946. The summed E-state index contributed by atoms with van der Waals surface area (Å²) in [6.07, 6.45) is 3.56. The highest BCUT2D eigenvalue weighted by Crippen LogP contribution is 2.29. The van der Waals surface area contributed by atoms with Gasteiger partial charge in [-0.15, -0.1) is 0 Å². The van der Waals surface area contributed by atoms with Crippen LogP contribution >= 0.6 is 11.6 Å². The van der Waals surface area contributed by atoms with Gasteiger partial charge in [0, 0.05) is 16.6 Å². The Labute approximate surface area is 122 Å². The van der Waals surface area contributed by atoms with Crippen LogP contribution in [0, 0.1) is 0 Å². The van der Waals surface area contributed by atoms with Crippen molar-refractivity contribution in [3.63, 3.8) is 0 Å². The second-order valence-electron chi connectivity index (χ2n) is 5.08. The van der Waals surface area contributed by atoms with Crippen LogP contribution in [0.1, 0.15) is 58.6 Å². The van der Waals surface area contributed by atoms with Gasteiger partial charge in [-0.3, -0.25) is 0 Å². The fourth-order valence-electron chi connectivity index (χ4n) is 2.12. The van der Waals surface area contributed by atoms with Gasteiger partial charge in [0.05, 0.1) is 6.10 Å². The minimum Gasteiger partial charge on any atom is -0.490 e. The van der Waals surface area contributed by atoms with Crippen molar-refractivity contribution in [2.75, 3.05) is 6.54 Å². The molecular weight excluding hydrogens is 258 g/mol. The summed E-state index contributed by atoms with van der Waals surface area (Å²) in [5.41, 5.74) is 1.14. The van der Waals surface area contributed by atoms with Crippen molar-refractivity contribution in [3.05, 3.63) is 28.8 Å². The number of hydrogen-bond donors (Lipinski definition) is 1. The van der Waals surface area contributed by atoms with Gasteiger partial charge in [0.1, 0.15) is 5.75 Å². The maximum Gasteiger partial charge on any atom is 0.124 e. The summed E-state index contributed by atoms with van der Waals surface area (Å²) in [5, 5.41) is 4.24. The van der Waals surface area contributed by atoms with Crippen LogP contribution in [0.15, 0.2) is 18.2 Å². The molecule has 0 spiro atoms. The first-order chi connectivity index (χ1) is 9.08. The third-order valence-electron chi connectivity index (χ3n) is 3.16. The van der Waals surface area contributed by atoms with Crippen molar-refractivity contribution >= 4 is 11.6 Å². The molecule has 0 aliphatic rings. The second kappa shape index (κ2) is 8.44. The lowest BCUT2D eigenvalue weighted by Crippen LogP contribution is -2.21. The quantitative estimate of drug-likeness (QED) is 0.727. The van der Waals surface area contributed by atoms with Gasteiger partial charge in [0.15, 0.2) is 0 Å². The van der Waals surface area contributed by atoms with Crippen LogP contribution in [0.2, 0.25) is 5.02 Å². The molecule has 108 valence electrons. The van der Waals surface area contributed by atoms with Crippen molar-refractivity contribution < 1.29 is 4.74 Å². The Bertz CT molecular complexity index is 381. The van der Waals surface area contributed by atoms with E-state index in [4.69, 9.17) is 16.3 Å². The van der Waals surface area contributed by atoms with E-state index in [-0.39, 0.29) is 12.1 Å². The van der Waals surface area contributed by atoms with Crippen LogP contribution in [0.25, 0.3) is 0 Å². The molecular formula is C16H26ClNO. The van der Waals surface area contributed by atoms with Gasteiger partial charge in [0.2, 0.25) is 0 Å². The number of hydrogen-bond acceptors (Lipinski definition) is 2. The van der Waals surface area contributed by atoms with Crippen molar-refractivity contribution in [2.45, 2.75) is 59.1 Å². The van der Waals surface area contributed by atoms with Crippen LogP contribution in [0.5, 0.6) is 5.75 Å². The molecule has 0 radical (unpaired) electrons.